The van der Waals surface area contributed by atoms with Crippen LogP contribution in [0.3, 0.4) is 0 Å². The second kappa shape index (κ2) is 3.39. The highest BCUT2D eigenvalue weighted by Gasteiger charge is 2.19. The van der Waals surface area contributed by atoms with E-state index in [1.807, 2.05) is 0 Å². The molecule has 1 aromatic heterocycles. The normalized spacial score (nSPS) is 11.4. The lowest BCUT2D eigenvalue weighted by Crippen LogP contribution is -2.16. The molecule has 0 aliphatic rings. The summed E-state index contributed by atoms with van der Waals surface area (Å²) in [5.74, 6) is -0.712. The van der Waals surface area contributed by atoms with Gasteiger partial charge >= 0.3 is 5.97 Å². The highest BCUT2D eigenvalue weighted by molar-refractivity contribution is 7.89. The number of hydrogen-bond donors (Lipinski definition) is 1. The average Bonchev–Trinajstić information content (AvgIpc) is 2.45. The molecule has 14 heavy (non-hydrogen) atoms. The molecule has 0 saturated heterocycles. The van der Waals surface area contributed by atoms with Crippen LogP contribution in [0.5, 0.6) is 0 Å². The number of hydrogen-bond acceptors (Lipinski definition) is 5. The van der Waals surface area contributed by atoms with Gasteiger partial charge in [0.1, 0.15) is 0 Å². The van der Waals surface area contributed by atoms with Gasteiger partial charge in [-0.15, -0.1) is 0 Å². The summed E-state index contributed by atoms with van der Waals surface area (Å²) >= 11 is 0. The first-order valence-corrected chi connectivity index (χ1v) is 5.06. The van der Waals surface area contributed by atoms with E-state index in [2.05, 4.69) is 9.84 Å². The second-order valence-corrected chi connectivity index (χ2v) is 4.04. The van der Waals surface area contributed by atoms with Crippen LogP contribution in [0.15, 0.2) is 11.1 Å². The van der Waals surface area contributed by atoms with Crippen LogP contribution in [0.25, 0.3) is 0 Å². The monoisotopic (exact) mass is 219 g/mol. The predicted octanol–water partition coefficient (Wildman–Crippen LogP) is -1.15. The van der Waals surface area contributed by atoms with Crippen molar-refractivity contribution < 1.29 is 17.9 Å². The molecule has 78 valence electrons. The molecule has 0 saturated carbocycles. The van der Waals surface area contributed by atoms with Gasteiger partial charge in [0.15, 0.2) is 10.7 Å². The van der Waals surface area contributed by atoms with Gasteiger partial charge in [-0.3, -0.25) is 4.68 Å². The zero-order valence-electron chi connectivity index (χ0n) is 7.59. The van der Waals surface area contributed by atoms with E-state index >= 15 is 0 Å². The van der Waals surface area contributed by atoms with Crippen molar-refractivity contribution in [2.75, 3.05) is 7.11 Å². The van der Waals surface area contributed by atoms with E-state index in [0.29, 0.717) is 0 Å². The van der Waals surface area contributed by atoms with Crippen molar-refractivity contribution in [3.05, 3.63) is 11.8 Å². The molecule has 0 fully saturated rings. The van der Waals surface area contributed by atoms with Crippen molar-refractivity contribution in [3.63, 3.8) is 0 Å². The lowest BCUT2D eigenvalue weighted by atomic mass is 10.4. The number of primary sulfonamides is 1. The molecule has 0 aromatic carbocycles. The summed E-state index contributed by atoms with van der Waals surface area (Å²) < 4.78 is 27.3. The van der Waals surface area contributed by atoms with Crippen molar-refractivity contribution in [1.29, 1.82) is 0 Å². The molecule has 0 radical (unpaired) electrons. The highest BCUT2D eigenvalue weighted by Crippen LogP contribution is 2.08. The molecule has 0 bridgehead atoms. The van der Waals surface area contributed by atoms with Crippen LogP contribution >= 0.6 is 0 Å². The number of sulfonamides is 1. The number of aromatic nitrogens is 2. The molecule has 1 aromatic rings. The maximum Gasteiger partial charge on any atom is 0.358 e. The van der Waals surface area contributed by atoms with Gasteiger partial charge in [-0.1, -0.05) is 0 Å². The number of methoxy groups -OCH3 is 1. The van der Waals surface area contributed by atoms with Gasteiger partial charge in [0.2, 0.25) is 0 Å². The Morgan fingerprint density at radius 1 is 1.64 bits per heavy atom. The van der Waals surface area contributed by atoms with E-state index in [0.717, 1.165) is 10.7 Å². The van der Waals surface area contributed by atoms with E-state index in [1.165, 1.54) is 14.2 Å². The minimum Gasteiger partial charge on any atom is -0.464 e. The fourth-order valence-corrected chi connectivity index (χ4v) is 1.61. The van der Waals surface area contributed by atoms with Crippen LogP contribution in [-0.4, -0.2) is 31.3 Å². The summed E-state index contributed by atoms with van der Waals surface area (Å²) in [6.07, 6.45) is 0. The quantitative estimate of drug-likeness (QED) is 0.633. The zero-order chi connectivity index (χ0) is 10.9. The lowest BCUT2D eigenvalue weighted by Gasteiger charge is -1.95. The first-order chi connectivity index (χ1) is 6.36. The number of nitrogens with two attached hydrogens (primary N) is 1. The molecular formula is C6H9N3O4S. The Morgan fingerprint density at radius 3 is 2.57 bits per heavy atom. The number of esters is 1. The summed E-state index contributed by atoms with van der Waals surface area (Å²) in [5.41, 5.74) is -0.0981. The van der Waals surface area contributed by atoms with Gasteiger partial charge in [-0.05, 0) is 0 Å². The molecule has 0 spiro atoms. The molecule has 2 N–H and O–H groups in total. The molecule has 0 aliphatic carbocycles. The lowest BCUT2D eigenvalue weighted by molar-refractivity contribution is 0.0593. The SMILES string of the molecule is COC(=O)c1cc(S(N)(=O)=O)n(C)n1. The minimum atomic E-state index is -3.86. The van der Waals surface area contributed by atoms with E-state index in [4.69, 9.17) is 5.14 Å². The van der Waals surface area contributed by atoms with Crippen LogP contribution in [0.4, 0.5) is 0 Å². The Morgan fingerprint density at radius 2 is 2.21 bits per heavy atom. The van der Waals surface area contributed by atoms with Gasteiger partial charge in [0.05, 0.1) is 7.11 Å². The van der Waals surface area contributed by atoms with E-state index in [-0.39, 0.29) is 10.7 Å². The fraction of sp³-hybridized carbons (Fsp3) is 0.333. The van der Waals surface area contributed by atoms with Crippen LogP contribution < -0.4 is 5.14 Å². The number of aryl methyl sites for hydroxylation is 1. The Kier molecular flexibility index (Phi) is 2.58. The predicted molar refractivity (Wildman–Crippen MR) is 45.9 cm³/mol. The Labute approximate surface area is 80.5 Å². The summed E-state index contributed by atoms with van der Waals surface area (Å²) in [6, 6.07) is 1.06. The summed E-state index contributed by atoms with van der Waals surface area (Å²) in [6.45, 7) is 0. The number of carbonyl (C=O) groups is 1. The summed E-state index contributed by atoms with van der Waals surface area (Å²) in [7, 11) is -1.32. The number of ether oxygens (including phenoxy) is 1. The van der Waals surface area contributed by atoms with Crippen LogP contribution in [-0.2, 0) is 21.8 Å². The van der Waals surface area contributed by atoms with Crippen molar-refractivity contribution in [3.8, 4) is 0 Å². The highest BCUT2D eigenvalue weighted by atomic mass is 32.2. The third kappa shape index (κ3) is 1.91. The average molecular weight is 219 g/mol. The minimum absolute atomic E-state index is 0.0981. The first-order valence-electron chi connectivity index (χ1n) is 3.51. The summed E-state index contributed by atoms with van der Waals surface area (Å²) in [4.78, 5) is 11.0. The molecule has 1 rings (SSSR count). The van der Waals surface area contributed by atoms with Crippen molar-refractivity contribution in [1.82, 2.24) is 9.78 Å². The first kappa shape index (κ1) is 10.7. The third-order valence-corrected chi connectivity index (χ3v) is 2.49. The number of rotatable bonds is 2. The van der Waals surface area contributed by atoms with Gasteiger partial charge in [0.25, 0.3) is 10.0 Å². The third-order valence-electron chi connectivity index (χ3n) is 1.52. The van der Waals surface area contributed by atoms with Crippen LogP contribution in [0, 0.1) is 0 Å². The zero-order valence-corrected chi connectivity index (χ0v) is 8.41. The maximum atomic E-state index is 11.0. The molecule has 0 unspecified atom stereocenters. The van der Waals surface area contributed by atoms with Crippen molar-refractivity contribution >= 4 is 16.0 Å². The van der Waals surface area contributed by atoms with Crippen molar-refractivity contribution in [2.45, 2.75) is 5.03 Å². The van der Waals surface area contributed by atoms with Crippen LogP contribution in [0.1, 0.15) is 10.5 Å². The second-order valence-electron chi connectivity index (χ2n) is 2.53. The molecular weight excluding hydrogens is 210 g/mol. The topological polar surface area (TPSA) is 104 Å². The Balaban J connectivity index is 3.25. The van der Waals surface area contributed by atoms with Gasteiger partial charge in [-0.25, -0.2) is 18.4 Å². The molecule has 0 amide bonds. The molecule has 7 nitrogen and oxygen atoms in total. The number of nitrogens with zero attached hydrogens (tertiary/aromatic N) is 2. The fourth-order valence-electron chi connectivity index (χ4n) is 0.921. The van der Waals surface area contributed by atoms with E-state index in [9.17, 15) is 13.2 Å². The van der Waals surface area contributed by atoms with Gasteiger partial charge in [0, 0.05) is 13.1 Å². The molecule has 0 aliphatic heterocycles. The summed E-state index contributed by atoms with van der Waals surface area (Å²) in [5, 5.41) is 8.26. The number of carbonyl (C=O) groups excluding carboxylic acids is 1. The van der Waals surface area contributed by atoms with Gasteiger partial charge < -0.3 is 4.74 Å². The molecule has 1 heterocycles. The Hall–Kier alpha value is -1.41. The molecule has 0 atom stereocenters. The Bertz CT molecular complexity index is 461. The molecule has 8 heteroatoms. The van der Waals surface area contributed by atoms with Gasteiger partial charge in [-0.2, -0.15) is 5.10 Å². The smallest absolute Gasteiger partial charge is 0.358 e. The van der Waals surface area contributed by atoms with Crippen molar-refractivity contribution in [2.24, 2.45) is 12.2 Å². The van der Waals surface area contributed by atoms with Crippen LogP contribution in [0.2, 0.25) is 0 Å². The largest absolute Gasteiger partial charge is 0.464 e. The maximum absolute atomic E-state index is 11.0. The van der Waals surface area contributed by atoms with E-state index in [1.54, 1.807) is 0 Å². The standard InChI is InChI=1S/C6H9N3O4S/c1-9-5(14(7,11)12)3-4(8-9)6(10)13-2/h3H,1-2H3,(H2,7,11,12). The van der Waals surface area contributed by atoms with E-state index < -0.39 is 16.0 Å².